The molecule has 9 nitrogen and oxygen atoms in total. The molecule has 0 bridgehead atoms. The summed E-state index contributed by atoms with van der Waals surface area (Å²) < 4.78 is 16.1. The van der Waals surface area contributed by atoms with Crippen LogP contribution in [0.25, 0.3) is 11.5 Å². The zero-order chi connectivity index (χ0) is 24.9. The second-order valence-corrected chi connectivity index (χ2v) is 9.55. The van der Waals surface area contributed by atoms with Gasteiger partial charge in [-0.05, 0) is 52.4 Å². The van der Waals surface area contributed by atoms with Crippen molar-refractivity contribution in [1.82, 2.24) is 30.0 Å². The van der Waals surface area contributed by atoms with Crippen molar-refractivity contribution >= 4 is 17.5 Å². The lowest BCUT2D eigenvalue weighted by Gasteiger charge is -2.24. The molecule has 10 heteroatoms. The number of pyridine rings is 2. The van der Waals surface area contributed by atoms with E-state index in [0.29, 0.717) is 48.8 Å². The predicted octanol–water partition coefficient (Wildman–Crippen LogP) is 3.30. The molecule has 3 aromatic rings. The van der Waals surface area contributed by atoms with E-state index in [1.165, 1.54) is 0 Å². The minimum absolute atomic E-state index is 0.107. The van der Waals surface area contributed by atoms with Gasteiger partial charge in [-0.2, -0.15) is 0 Å². The predicted molar refractivity (Wildman–Crippen MR) is 132 cm³/mol. The summed E-state index contributed by atoms with van der Waals surface area (Å²) in [5.74, 6) is 2.50. The summed E-state index contributed by atoms with van der Waals surface area (Å²) >= 11 is 0. The third-order valence-electron chi connectivity index (χ3n) is 7.00. The minimum Gasteiger partial charge on any atom is -0.357 e. The maximum Gasteiger partial charge on any atom is 0.260 e. The van der Waals surface area contributed by atoms with Crippen LogP contribution in [0.3, 0.4) is 0 Å². The molecule has 0 aliphatic carbocycles. The van der Waals surface area contributed by atoms with Gasteiger partial charge in [-0.1, -0.05) is 6.07 Å². The summed E-state index contributed by atoms with van der Waals surface area (Å²) in [4.78, 5) is 26.9. The van der Waals surface area contributed by atoms with E-state index in [-0.39, 0.29) is 18.0 Å². The number of nitrogens with zero attached hydrogens (tertiary/aromatic N) is 7. The summed E-state index contributed by atoms with van der Waals surface area (Å²) in [6.07, 6.45) is 0.379. The number of rotatable bonds is 7. The Bertz CT molecular complexity index is 1270. The lowest BCUT2D eigenvalue weighted by atomic mass is 10.1. The van der Waals surface area contributed by atoms with Gasteiger partial charge in [-0.25, -0.2) is 14.4 Å². The Morgan fingerprint density at radius 1 is 1.23 bits per heavy atom. The molecule has 1 unspecified atom stereocenters. The molecule has 5 rings (SSSR count). The van der Waals surface area contributed by atoms with E-state index in [1.807, 2.05) is 42.9 Å². The maximum atomic E-state index is 14.3. The van der Waals surface area contributed by atoms with Gasteiger partial charge in [0.25, 0.3) is 5.91 Å². The fourth-order valence-electron chi connectivity index (χ4n) is 4.85. The fourth-order valence-corrected chi connectivity index (χ4v) is 4.85. The van der Waals surface area contributed by atoms with Gasteiger partial charge in [0.1, 0.15) is 29.3 Å². The Morgan fingerprint density at radius 2 is 2.03 bits per heavy atom. The smallest absolute Gasteiger partial charge is 0.260 e. The van der Waals surface area contributed by atoms with Crippen molar-refractivity contribution < 1.29 is 9.18 Å². The van der Waals surface area contributed by atoms with Gasteiger partial charge in [-0.3, -0.25) is 9.69 Å². The molecule has 1 N–H and O–H groups in total. The van der Waals surface area contributed by atoms with Crippen molar-refractivity contribution in [2.45, 2.75) is 65.0 Å². The van der Waals surface area contributed by atoms with E-state index in [1.54, 1.807) is 11.8 Å². The molecule has 0 fully saturated rings. The molecule has 2 aliphatic heterocycles. The number of aromatic nitrogens is 5. The molecule has 0 saturated heterocycles. The number of aryl methyl sites for hydroxylation is 1. The van der Waals surface area contributed by atoms with E-state index >= 15 is 0 Å². The minimum atomic E-state index is -1.01. The van der Waals surface area contributed by atoms with Crippen LogP contribution in [0.2, 0.25) is 0 Å². The molecule has 0 radical (unpaired) electrons. The molecule has 3 aromatic heterocycles. The molecule has 5 heterocycles. The van der Waals surface area contributed by atoms with Crippen LogP contribution >= 0.6 is 0 Å². The fraction of sp³-hybridized carbons (Fsp3) is 0.480. The first-order valence-corrected chi connectivity index (χ1v) is 12.1. The van der Waals surface area contributed by atoms with Crippen LogP contribution in [0, 0.1) is 0 Å². The lowest BCUT2D eigenvalue weighted by molar-refractivity contribution is 0.0996. The van der Waals surface area contributed by atoms with Crippen LogP contribution in [0.1, 0.15) is 60.7 Å². The van der Waals surface area contributed by atoms with Crippen LogP contribution < -0.4 is 15.1 Å². The summed E-state index contributed by atoms with van der Waals surface area (Å²) in [5, 5.41) is 11.7. The highest BCUT2D eigenvalue weighted by molar-refractivity contribution is 6.10. The quantitative estimate of drug-likeness (QED) is 0.557. The zero-order valence-corrected chi connectivity index (χ0v) is 20.8. The molecule has 1 amide bonds. The summed E-state index contributed by atoms with van der Waals surface area (Å²) in [7, 11) is 3.85. The van der Waals surface area contributed by atoms with Gasteiger partial charge < -0.3 is 14.8 Å². The van der Waals surface area contributed by atoms with Crippen molar-refractivity contribution in [2.75, 3.05) is 23.9 Å². The average Bonchev–Trinajstić information content (AvgIpc) is 3.53. The lowest BCUT2D eigenvalue weighted by Crippen LogP contribution is -2.27. The Hall–Kier alpha value is -3.40. The van der Waals surface area contributed by atoms with E-state index in [4.69, 9.17) is 9.97 Å². The molecule has 184 valence electrons. The monoisotopic (exact) mass is 478 g/mol. The van der Waals surface area contributed by atoms with Crippen molar-refractivity contribution in [3.63, 3.8) is 0 Å². The first-order chi connectivity index (χ1) is 16.8. The number of hydrogen-bond acceptors (Lipinski definition) is 7. The first-order valence-electron chi connectivity index (χ1n) is 12.1. The van der Waals surface area contributed by atoms with Crippen molar-refractivity contribution in [2.24, 2.45) is 0 Å². The van der Waals surface area contributed by atoms with Crippen molar-refractivity contribution in [3.8, 4) is 11.5 Å². The first kappa shape index (κ1) is 23.3. The highest BCUT2D eigenvalue weighted by Gasteiger charge is 2.35. The number of alkyl halides is 1. The second-order valence-electron chi connectivity index (χ2n) is 9.55. The van der Waals surface area contributed by atoms with Crippen molar-refractivity contribution in [1.29, 1.82) is 0 Å². The number of fused-ring (bicyclic) bond motifs is 2. The van der Waals surface area contributed by atoms with E-state index < -0.39 is 6.17 Å². The number of carbonyl (C=O) groups is 1. The van der Waals surface area contributed by atoms with E-state index in [2.05, 4.69) is 34.3 Å². The number of hydrogen-bond donors (Lipinski definition) is 1. The molecule has 0 aromatic carbocycles. The Balaban J connectivity index is 1.51. The third kappa shape index (κ3) is 3.95. The van der Waals surface area contributed by atoms with Gasteiger partial charge in [0.2, 0.25) is 0 Å². The number of carbonyl (C=O) groups excluding carboxylic acids is 1. The van der Waals surface area contributed by atoms with Gasteiger partial charge in [0, 0.05) is 31.6 Å². The topological polar surface area (TPSA) is 92.1 Å². The molecule has 2 atom stereocenters. The molecule has 2 aliphatic rings. The average molecular weight is 479 g/mol. The van der Waals surface area contributed by atoms with E-state index in [0.717, 1.165) is 22.9 Å². The highest BCUT2D eigenvalue weighted by Crippen LogP contribution is 2.35. The molecule has 0 saturated carbocycles. The Morgan fingerprint density at radius 3 is 2.74 bits per heavy atom. The number of amides is 1. The summed E-state index contributed by atoms with van der Waals surface area (Å²) in [6, 6.07) is 7.31. The SMILES string of the molecule is CNCc1nc(N(C)C(C)C)cc2c1CN(c1cccc(-c3nnc4n3[C@@H](C(C)F)CC4)n1)C2=O. The van der Waals surface area contributed by atoms with Crippen LogP contribution in [0.4, 0.5) is 16.0 Å². The third-order valence-corrected chi connectivity index (χ3v) is 7.00. The maximum absolute atomic E-state index is 14.3. The van der Waals surface area contributed by atoms with Gasteiger partial charge >= 0.3 is 0 Å². The normalized spacial score (nSPS) is 17.7. The number of nitrogens with one attached hydrogen (secondary N) is 1. The molecular weight excluding hydrogens is 447 g/mol. The van der Waals surface area contributed by atoms with Gasteiger partial charge in [0.05, 0.1) is 23.8 Å². The molecule has 35 heavy (non-hydrogen) atoms. The van der Waals surface area contributed by atoms with Gasteiger partial charge in [0.15, 0.2) is 5.82 Å². The highest BCUT2D eigenvalue weighted by atomic mass is 19.1. The summed E-state index contributed by atoms with van der Waals surface area (Å²) in [6.45, 7) is 6.69. The Labute approximate surface area is 204 Å². The zero-order valence-electron chi connectivity index (χ0n) is 20.8. The van der Waals surface area contributed by atoms with Crippen LogP contribution in [-0.4, -0.2) is 56.9 Å². The number of halogens is 1. The number of anilines is 2. The molecule has 0 spiro atoms. The van der Waals surface area contributed by atoms with Crippen LogP contribution in [-0.2, 0) is 19.5 Å². The van der Waals surface area contributed by atoms with Crippen molar-refractivity contribution in [3.05, 3.63) is 46.9 Å². The molecular formula is C25H31FN8O. The Kier molecular flexibility index (Phi) is 6.00. The van der Waals surface area contributed by atoms with Crippen LogP contribution in [0.15, 0.2) is 24.3 Å². The summed E-state index contributed by atoms with van der Waals surface area (Å²) in [5.41, 5.74) is 2.99. The van der Waals surface area contributed by atoms with Crippen LogP contribution in [0.5, 0.6) is 0 Å². The standard InChI is InChI=1S/C25H31FN8O/c1-14(2)32(5)23-11-16-17(19(29-23)12-27-4)13-33(25(16)35)21-8-6-7-18(28-21)24-31-30-22-10-9-20(15(3)26)34(22)24/h6-8,11,14-15,20,27H,9-10,12-13H2,1-5H3/t15?,20-/m1/s1. The second kappa shape index (κ2) is 8.99. The largest absolute Gasteiger partial charge is 0.357 e. The van der Waals surface area contributed by atoms with Gasteiger partial charge in [-0.15, -0.1) is 10.2 Å². The van der Waals surface area contributed by atoms with E-state index in [9.17, 15) is 9.18 Å².